The quantitative estimate of drug-likeness (QED) is 0.715. The predicted octanol–water partition coefficient (Wildman–Crippen LogP) is 3.01. The van der Waals surface area contributed by atoms with Gasteiger partial charge in [0.2, 0.25) is 11.8 Å². The summed E-state index contributed by atoms with van der Waals surface area (Å²) in [5, 5.41) is 0. The molecule has 4 rings (SSSR count). The van der Waals surface area contributed by atoms with Crippen molar-refractivity contribution in [3.8, 4) is 0 Å². The normalized spacial score (nSPS) is 28.1. The zero-order chi connectivity index (χ0) is 21.0. The number of hydrogen-bond acceptors (Lipinski definition) is 4. The van der Waals surface area contributed by atoms with Crippen LogP contribution in [0.5, 0.6) is 0 Å². The zero-order valence-electron chi connectivity index (χ0n) is 17.7. The molecule has 6 nitrogen and oxygen atoms in total. The Labute approximate surface area is 172 Å². The highest BCUT2D eigenvalue weighted by Crippen LogP contribution is 2.69. The van der Waals surface area contributed by atoms with Crippen molar-refractivity contribution >= 4 is 23.4 Å². The second-order valence-electron chi connectivity index (χ2n) is 9.62. The van der Waals surface area contributed by atoms with E-state index in [-0.39, 0.29) is 47.0 Å². The second-order valence-corrected chi connectivity index (χ2v) is 9.62. The minimum absolute atomic E-state index is 0.0275. The number of benzene rings is 1. The standard InChI is InChI=1S/C23H30N2O4/c1-22(2)19(23(22,3)4)21(28)24(14-16-11-8-12-29-16)17-13-18(26)25(20(17)27)15-9-6-5-7-10-15/h5-7,9-10,16-17,19H,8,11-14H2,1-4H3. The largest absolute Gasteiger partial charge is 0.376 e. The van der Waals surface area contributed by atoms with Crippen molar-refractivity contribution in [2.24, 2.45) is 16.7 Å². The molecule has 0 N–H and O–H groups in total. The Bertz CT molecular complexity index is 813. The minimum atomic E-state index is -0.758. The first-order valence-corrected chi connectivity index (χ1v) is 10.5. The maximum Gasteiger partial charge on any atom is 0.257 e. The van der Waals surface area contributed by atoms with Crippen molar-refractivity contribution in [3.63, 3.8) is 0 Å². The molecule has 0 radical (unpaired) electrons. The van der Waals surface area contributed by atoms with Gasteiger partial charge in [-0.3, -0.25) is 14.4 Å². The summed E-state index contributed by atoms with van der Waals surface area (Å²) in [5.41, 5.74) is 0.286. The van der Waals surface area contributed by atoms with Gasteiger partial charge in [-0.2, -0.15) is 0 Å². The van der Waals surface area contributed by atoms with E-state index >= 15 is 0 Å². The van der Waals surface area contributed by atoms with E-state index in [0.29, 0.717) is 18.8 Å². The summed E-state index contributed by atoms with van der Waals surface area (Å²) < 4.78 is 5.77. The molecule has 1 aromatic carbocycles. The Morgan fingerprint density at radius 2 is 1.79 bits per heavy atom. The van der Waals surface area contributed by atoms with Crippen LogP contribution in [0.15, 0.2) is 30.3 Å². The fraction of sp³-hybridized carbons (Fsp3) is 0.609. The van der Waals surface area contributed by atoms with Crippen molar-refractivity contribution in [1.82, 2.24) is 4.90 Å². The molecule has 6 heteroatoms. The lowest BCUT2D eigenvalue weighted by Crippen LogP contribution is -2.49. The number of hydrogen-bond donors (Lipinski definition) is 0. The molecule has 3 aliphatic rings. The summed E-state index contributed by atoms with van der Waals surface area (Å²) >= 11 is 0. The van der Waals surface area contributed by atoms with Gasteiger partial charge in [0.05, 0.1) is 18.2 Å². The van der Waals surface area contributed by atoms with Crippen LogP contribution in [-0.4, -0.2) is 47.9 Å². The first-order chi connectivity index (χ1) is 13.7. The van der Waals surface area contributed by atoms with E-state index in [1.807, 2.05) is 6.07 Å². The van der Waals surface area contributed by atoms with Crippen LogP contribution in [0.4, 0.5) is 5.69 Å². The molecule has 2 heterocycles. The maximum absolute atomic E-state index is 13.6. The lowest BCUT2D eigenvalue weighted by Gasteiger charge is -2.30. The van der Waals surface area contributed by atoms with Crippen LogP contribution in [-0.2, 0) is 19.1 Å². The molecular formula is C23H30N2O4. The molecule has 2 aliphatic heterocycles. The summed E-state index contributed by atoms with van der Waals surface area (Å²) in [6.45, 7) is 9.43. The number of nitrogens with zero attached hydrogens (tertiary/aromatic N) is 2. The van der Waals surface area contributed by atoms with Gasteiger partial charge in [-0.15, -0.1) is 0 Å². The maximum atomic E-state index is 13.6. The average Bonchev–Trinajstić information content (AvgIpc) is 3.08. The van der Waals surface area contributed by atoms with Gasteiger partial charge >= 0.3 is 0 Å². The van der Waals surface area contributed by atoms with Gasteiger partial charge in [0.15, 0.2) is 0 Å². The molecule has 1 aliphatic carbocycles. The van der Waals surface area contributed by atoms with Crippen LogP contribution in [0.3, 0.4) is 0 Å². The SMILES string of the molecule is CC1(C)C(C(=O)N(CC2CCCO2)C2CC(=O)N(c3ccccc3)C2=O)C1(C)C. The van der Waals surface area contributed by atoms with Crippen LogP contribution >= 0.6 is 0 Å². The van der Waals surface area contributed by atoms with Crippen LogP contribution in [0, 0.1) is 16.7 Å². The van der Waals surface area contributed by atoms with Crippen molar-refractivity contribution in [2.45, 2.75) is 59.1 Å². The Morgan fingerprint density at radius 1 is 1.14 bits per heavy atom. The third-order valence-electron chi connectivity index (χ3n) is 7.49. The molecule has 29 heavy (non-hydrogen) atoms. The highest BCUT2D eigenvalue weighted by molar-refractivity contribution is 6.23. The minimum Gasteiger partial charge on any atom is -0.376 e. The smallest absolute Gasteiger partial charge is 0.257 e. The number of carbonyl (C=O) groups is 3. The average molecular weight is 399 g/mol. The Morgan fingerprint density at radius 3 is 2.34 bits per heavy atom. The number of amides is 3. The summed E-state index contributed by atoms with van der Waals surface area (Å²) in [4.78, 5) is 42.5. The predicted molar refractivity (Wildman–Crippen MR) is 109 cm³/mol. The Hall–Kier alpha value is -2.21. The van der Waals surface area contributed by atoms with E-state index in [1.54, 1.807) is 29.2 Å². The van der Waals surface area contributed by atoms with E-state index in [2.05, 4.69) is 27.7 Å². The second kappa shape index (κ2) is 6.94. The third kappa shape index (κ3) is 3.18. The lowest BCUT2D eigenvalue weighted by atomic mass is 10.0. The van der Waals surface area contributed by atoms with E-state index in [4.69, 9.17) is 4.74 Å². The van der Waals surface area contributed by atoms with Gasteiger partial charge in [0.25, 0.3) is 5.91 Å². The Kier molecular flexibility index (Phi) is 4.80. The summed E-state index contributed by atoms with van der Waals surface area (Å²) in [6.07, 6.45) is 1.79. The molecular weight excluding hydrogens is 368 g/mol. The van der Waals surface area contributed by atoms with E-state index < -0.39 is 6.04 Å². The van der Waals surface area contributed by atoms with Gasteiger partial charge in [-0.1, -0.05) is 45.9 Å². The Balaban J connectivity index is 1.62. The van der Waals surface area contributed by atoms with Gasteiger partial charge in [0, 0.05) is 19.1 Å². The van der Waals surface area contributed by atoms with E-state index in [1.165, 1.54) is 4.90 Å². The van der Waals surface area contributed by atoms with Crippen molar-refractivity contribution < 1.29 is 19.1 Å². The molecule has 156 valence electrons. The van der Waals surface area contributed by atoms with Crippen molar-refractivity contribution in [3.05, 3.63) is 30.3 Å². The molecule has 3 fully saturated rings. The molecule has 0 bridgehead atoms. The molecule has 2 unspecified atom stereocenters. The number of anilines is 1. The molecule has 0 aromatic heterocycles. The number of para-hydroxylation sites is 1. The van der Waals surface area contributed by atoms with Gasteiger partial charge in [0.1, 0.15) is 6.04 Å². The molecule has 3 amide bonds. The molecule has 1 saturated carbocycles. The first kappa shape index (κ1) is 20.1. The molecule has 1 aromatic rings. The van der Waals surface area contributed by atoms with Crippen molar-refractivity contribution in [1.29, 1.82) is 0 Å². The fourth-order valence-corrected chi connectivity index (χ4v) is 5.07. The molecule has 0 spiro atoms. The summed E-state index contributed by atoms with van der Waals surface area (Å²) in [7, 11) is 0. The molecule has 2 atom stereocenters. The highest BCUT2D eigenvalue weighted by atomic mass is 16.5. The first-order valence-electron chi connectivity index (χ1n) is 10.5. The van der Waals surface area contributed by atoms with Crippen molar-refractivity contribution in [2.75, 3.05) is 18.1 Å². The van der Waals surface area contributed by atoms with Crippen LogP contribution in [0.1, 0.15) is 47.0 Å². The van der Waals surface area contributed by atoms with Crippen LogP contribution in [0.2, 0.25) is 0 Å². The van der Waals surface area contributed by atoms with Crippen LogP contribution in [0.25, 0.3) is 0 Å². The van der Waals surface area contributed by atoms with Crippen LogP contribution < -0.4 is 4.90 Å². The lowest BCUT2D eigenvalue weighted by molar-refractivity contribution is -0.142. The monoisotopic (exact) mass is 398 g/mol. The summed E-state index contributed by atoms with van der Waals surface area (Å²) in [6, 6.07) is 8.18. The number of rotatable bonds is 5. The number of imide groups is 1. The van der Waals surface area contributed by atoms with Gasteiger partial charge < -0.3 is 9.64 Å². The zero-order valence-corrected chi connectivity index (χ0v) is 17.7. The topological polar surface area (TPSA) is 66.9 Å². The number of carbonyl (C=O) groups excluding carboxylic acids is 3. The summed E-state index contributed by atoms with van der Waals surface area (Å²) in [5.74, 6) is -0.767. The highest BCUT2D eigenvalue weighted by Gasteiger charge is 2.69. The number of ether oxygens (including phenoxy) is 1. The van der Waals surface area contributed by atoms with E-state index in [0.717, 1.165) is 12.8 Å². The van der Waals surface area contributed by atoms with Gasteiger partial charge in [-0.25, -0.2) is 4.90 Å². The van der Waals surface area contributed by atoms with Gasteiger partial charge in [-0.05, 0) is 35.8 Å². The third-order valence-corrected chi connectivity index (χ3v) is 7.49. The molecule has 2 saturated heterocycles. The van der Waals surface area contributed by atoms with E-state index in [9.17, 15) is 14.4 Å². The fourth-order valence-electron chi connectivity index (χ4n) is 5.07.